The van der Waals surface area contributed by atoms with Gasteiger partial charge in [0, 0.05) is 26.6 Å². The topological polar surface area (TPSA) is 66.1 Å². The van der Waals surface area contributed by atoms with E-state index in [1.807, 2.05) is 14.2 Å². The van der Waals surface area contributed by atoms with Gasteiger partial charge in [-0.3, -0.25) is 5.10 Å². The molecule has 1 aromatic rings. The van der Waals surface area contributed by atoms with Crippen LogP contribution < -0.4 is 10.2 Å². The second-order valence-corrected chi connectivity index (χ2v) is 6.51. The molecule has 0 aromatic carbocycles. The molecule has 2 aliphatic rings. The summed E-state index contributed by atoms with van der Waals surface area (Å²) in [5.41, 5.74) is 0.00731. The Kier molecular flexibility index (Phi) is 4.45. The highest BCUT2D eigenvalue weighted by Crippen LogP contribution is 2.37. The highest BCUT2D eigenvalue weighted by Gasteiger charge is 2.38. The van der Waals surface area contributed by atoms with Gasteiger partial charge in [-0.1, -0.05) is 0 Å². The lowest BCUT2D eigenvalue weighted by Gasteiger charge is -2.39. The SMILES string of the molecule is CNCC1CCCN(c2n[nH]c(CC3(OC)CCC3)n2)C1. The molecular weight excluding hydrogens is 266 g/mol. The van der Waals surface area contributed by atoms with Crippen LogP contribution in [0.15, 0.2) is 0 Å². The molecule has 0 spiro atoms. The van der Waals surface area contributed by atoms with Crippen molar-refractivity contribution in [3.05, 3.63) is 5.82 Å². The minimum atomic E-state index is 0.00731. The van der Waals surface area contributed by atoms with Gasteiger partial charge in [0.25, 0.3) is 0 Å². The zero-order valence-electron chi connectivity index (χ0n) is 13.2. The van der Waals surface area contributed by atoms with Crippen molar-refractivity contribution in [3.63, 3.8) is 0 Å². The van der Waals surface area contributed by atoms with Crippen LogP contribution in [0.2, 0.25) is 0 Å². The van der Waals surface area contributed by atoms with Crippen molar-refractivity contribution < 1.29 is 4.74 Å². The van der Waals surface area contributed by atoms with Gasteiger partial charge in [-0.05, 0) is 51.6 Å². The fourth-order valence-electron chi connectivity index (χ4n) is 3.54. The zero-order valence-corrected chi connectivity index (χ0v) is 13.2. The summed E-state index contributed by atoms with van der Waals surface area (Å²) < 4.78 is 5.67. The van der Waals surface area contributed by atoms with Gasteiger partial charge in [0.2, 0.25) is 5.95 Å². The minimum Gasteiger partial charge on any atom is -0.378 e. The Morgan fingerprint density at radius 1 is 1.43 bits per heavy atom. The van der Waals surface area contributed by atoms with E-state index in [1.165, 1.54) is 19.3 Å². The van der Waals surface area contributed by atoms with E-state index in [-0.39, 0.29) is 5.60 Å². The highest BCUT2D eigenvalue weighted by atomic mass is 16.5. The molecule has 0 amide bonds. The first kappa shape index (κ1) is 14.8. The molecule has 21 heavy (non-hydrogen) atoms. The number of aromatic amines is 1. The predicted octanol–water partition coefficient (Wildman–Crippen LogP) is 1.35. The molecule has 2 fully saturated rings. The van der Waals surface area contributed by atoms with E-state index in [0.29, 0.717) is 5.92 Å². The van der Waals surface area contributed by atoms with Crippen molar-refractivity contribution in [1.29, 1.82) is 0 Å². The fraction of sp³-hybridized carbons (Fsp3) is 0.867. The first-order chi connectivity index (χ1) is 10.2. The number of rotatable bonds is 6. The van der Waals surface area contributed by atoms with Crippen LogP contribution in [0, 0.1) is 5.92 Å². The van der Waals surface area contributed by atoms with Gasteiger partial charge in [0.1, 0.15) is 5.82 Å². The number of anilines is 1. The molecule has 2 heterocycles. The molecule has 1 saturated heterocycles. The molecule has 1 aliphatic heterocycles. The van der Waals surface area contributed by atoms with Crippen LogP contribution in [0.25, 0.3) is 0 Å². The van der Waals surface area contributed by atoms with Gasteiger partial charge >= 0.3 is 0 Å². The van der Waals surface area contributed by atoms with Gasteiger partial charge in [-0.25, -0.2) is 0 Å². The maximum atomic E-state index is 5.67. The second-order valence-electron chi connectivity index (χ2n) is 6.51. The summed E-state index contributed by atoms with van der Waals surface area (Å²) in [4.78, 5) is 7.01. The molecule has 1 aliphatic carbocycles. The van der Waals surface area contributed by atoms with Crippen LogP contribution >= 0.6 is 0 Å². The normalized spacial score (nSPS) is 24.9. The van der Waals surface area contributed by atoms with Crippen LogP contribution in [0.5, 0.6) is 0 Å². The smallest absolute Gasteiger partial charge is 0.244 e. The third-order valence-corrected chi connectivity index (χ3v) is 5.00. The third-order valence-electron chi connectivity index (χ3n) is 5.00. The Morgan fingerprint density at radius 3 is 2.95 bits per heavy atom. The Labute approximate surface area is 126 Å². The molecule has 1 aromatic heterocycles. The van der Waals surface area contributed by atoms with E-state index in [2.05, 4.69) is 20.4 Å². The van der Waals surface area contributed by atoms with Gasteiger partial charge < -0.3 is 15.0 Å². The molecule has 1 unspecified atom stereocenters. The molecule has 118 valence electrons. The molecule has 6 heteroatoms. The van der Waals surface area contributed by atoms with Gasteiger partial charge in [-0.15, -0.1) is 5.10 Å². The molecule has 0 radical (unpaired) electrons. The summed E-state index contributed by atoms with van der Waals surface area (Å²) in [5, 5.41) is 10.8. The van der Waals surface area contributed by atoms with Crippen LogP contribution in [0.1, 0.15) is 37.9 Å². The lowest BCUT2D eigenvalue weighted by atomic mass is 9.77. The maximum Gasteiger partial charge on any atom is 0.244 e. The average molecular weight is 293 g/mol. The molecule has 6 nitrogen and oxygen atoms in total. The largest absolute Gasteiger partial charge is 0.378 e. The molecule has 2 N–H and O–H groups in total. The summed E-state index contributed by atoms with van der Waals surface area (Å²) in [6, 6.07) is 0. The molecule has 1 atom stereocenters. The monoisotopic (exact) mass is 293 g/mol. The summed E-state index contributed by atoms with van der Waals surface area (Å²) in [6.45, 7) is 3.18. The summed E-state index contributed by atoms with van der Waals surface area (Å²) in [6.07, 6.45) is 6.89. The summed E-state index contributed by atoms with van der Waals surface area (Å²) in [5.74, 6) is 2.52. The number of aromatic nitrogens is 3. The van der Waals surface area contributed by atoms with Gasteiger partial charge in [-0.2, -0.15) is 4.98 Å². The van der Waals surface area contributed by atoms with E-state index in [9.17, 15) is 0 Å². The Balaban J connectivity index is 1.61. The number of H-pyrrole nitrogens is 1. The predicted molar refractivity (Wildman–Crippen MR) is 82.5 cm³/mol. The first-order valence-electron chi connectivity index (χ1n) is 8.11. The number of methoxy groups -OCH3 is 1. The number of piperidine rings is 1. The number of hydrogen-bond donors (Lipinski definition) is 2. The summed E-state index contributed by atoms with van der Waals surface area (Å²) in [7, 11) is 3.83. The van der Waals surface area contributed by atoms with Crippen LogP contribution in [-0.2, 0) is 11.2 Å². The lowest BCUT2D eigenvalue weighted by molar-refractivity contribution is -0.0720. The zero-order chi connectivity index (χ0) is 14.7. The summed E-state index contributed by atoms with van der Waals surface area (Å²) >= 11 is 0. The third kappa shape index (κ3) is 3.21. The second kappa shape index (κ2) is 6.32. The standard InChI is InChI=1S/C15H27N5O/c1-16-10-12-5-3-8-20(11-12)14-17-13(18-19-14)9-15(21-2)6-4-7-15/h12,16H,3-11H2,1-2H3,(H,17,18,19). The Morgan fingerprint density at radius 2 is 2.29 bits per heavy atom. The van der Waals surface area contributed by atoms with E-state index in [0.717, 1.165) is 50.7 Å². The van der Waals surface area contributed by atoms with E-state index >= 15 is 0 Å². The molecule has 1 saturated carbocycles. The molecule has 3 rings (SSSR count). The number of nitrogens with one attached hydrogen (secondary N) is 2. The molecular formula is C15H27N5O. The van der Waals surface area contributed by atoms with Gasteiger partial charge in [0.05, 0.1) is 5.60 Å². The Hall–Kier alpha value is -1.14. The highest BCUT2D eigenvalue weighted by molar-refractivity contribution is 5.30. The quantitative estimate of drug-likeness (QED) is 0.829. The van der Waals surface area contributed by atoms with Crippen LogP contribution in [-0.4, -0.2) is 54.6 Å². The molecule has 0 bridgehead atoms. The van der Waals surface area contributed by atoms with E-state index in [4.69, 9.17) is 9.72 Å². The van der Waals surface area contributed by atoms with Crippen molar-refractivity contribution in [2.75, 3.05) is 38.7 Å². The van der Waals surface area contributed by atoms with Crippen molar-refractivity contribution in [2.24, 2.45) is 5.92 Å². The maximum absolute atomic E-state index is 5.67. The Bertz CT molecular complexity index is 449. The lowest BCUT2D eigenvalue weighted by Crippen LogP contribution is -2.41. The fourth-order valence-corrected chi connectivity index (χ4v) is 3.54. The van der Waals surface area contributed by atoms with Crippen molar-refractivity contribution >= 4 is 5.95 Å². The van der Waals surface area contributed by atoms with E-state index in [1.54, 1.807) is 0 Å². The van der Waals surface area contributed by atoms with Crippen molar-refractivity contribution in [2.45, 2.75) is 44.1 Å². The van der Waals surface area contributed by atoms with Gasteiger partial charge in [0.15, 0.2) is 0 Å². The van der Waals surface area contributed by atoms with Crippen molar-refractivity contribution in [1.82, 2.24) is 20.5 Å². The first-order valence-corrected chi connectivity index (χ1v) is 8.11. The minimum absolute atomic E-state index is 0.00731. The number of hydrogen-bond acceptors (Lipinski definition) is 5. The van der Waals surface area contributed by atoms with Crippen LogP contribution in [0.4, 0.5) is 5.95 Å². The number of ether oxygens (including phenoxy) is 1. The van der Waals surface area contributed by atoms with E-state index < -0.39 is 0 Å². The number of nitrogens with zero attached hydrogens (tertiary/aromatic N) is 3. The van der Waals surface area contributed by atoms with Crippen molar-refractivity contribution in [3.8, 4) is 0 Å². The average Bonchev–Trinajstić information content (AvgIpc) is 2.92. The van der Waals surface area contributed by atoms with Crippen LogP contribution in [0.3, 0.4) is 0 Å².